The van der Waals surface area contributed by atoms with Crippen molar-refractivity contribution in [3.05, 3.63) is 182 Å². The first-order chi connectivity index (χ1) is 26.7. The van der Waals surface area contributed by atoms with Crippen LogP contribution in [0.15, 0.2) is 182 Å². The molecule has 0 bridgehead atoms. The maximum absolute atomic E-state index is 5.16. The Morgan fingerprint density at radius 2 is 0.778 bits per heavy atom. The van der Waals surface area contributed by atoms with Crippen molar-refractivity contribution >= 4 is 64.8 Å². The van der Waals surface area contributed by atoms with Crippen LogP contribution in [0, 0.1) is 0 Å². The van der Waals surface area contributed by atoms with Gasteiger partial charge in [-0.25, -0.2) is 19.9 Å². The first kappa shape index (κ1) is 30.3. The minimum absolute atomic E-state index is 0.540. The number of rotatable bonds is 4. The Labute approximate surface area is 311 Å². The van der Waals surface area contributed by atoms with Gasteiger partial charge in [-0.2, -0.15) is 0 Å². The Bertz CT molecular complexity index is 3250. The van der Waals surface area contributed by atoms with Gasteiger partial charge in [0.15, 0.2) is 17.5 Å². The highest BCUT2D eigenvalue weighted by Crippen LogP contribution is 2.40. The van der Waals surface area contributed by atoms with E-state index in [1.54, 1.807) is 0 Å². The molecule has 0 spiro atoms. The van der Waals surface area contributed by atoms with E-state index in [-0.39, 0.29) is 0 Å². The average molecular weight is 687 g/mol. The summed E-state index contributed by atoms with van der Waals surface area (Å²) in [5, 5.41) is 13.0. The molecule has 11 aromatic rings. The molecule has 0 saturated heterocycles. The van der Waals surface area contributed by atoms with Gasteiger partial charge in [0.2, 0.25) is 0 Å². The summed E-state index contributed by atoms with van der Waals surface area (Å²) in [5.41, 5.74) is 5.94. The molecule has 0 unspecified atom stereocenters. The molecule has 11 rings (SSSR count). The van der Waals surface area contributed by atoms with E-state index < -0.39 is 0 Å². The van der Waals surface area contributed by atoms with Crippen LogP contribution < -0.4 is 0 Å². The summed E-state index contributed by atoms with van der Waals surface area (Å²) in [6, 6.07) is 64.2. The summed E-state index contributed by atoms with van der Waals surface area (Å²) in [6.07, 6.45) is 0. The average Bonchev–Trinajstić information content (AvgIpc) is 3.26. The van der Waals surface area contributed by atoms with Gasteiger partial charge in [0.25, 0.3) is 0 Å². The number of benzene rings is 9. The van der Waals surface area contributed by atoms with Gasteiger partial charge >= 0.3 is 0 Å². The predicted molar refractivity (Wildman–Crippen MR) is 224 cm³/mol. The molecule has 4 nitrogen and oxygen atoms in total. The molecule has 2 heterocycles. The Hall–Kier alpha value is -7.30. The maximum Gasteiger partial charge on any atom is 0.182 e. The second kappa shape index (κ2) is 12.1. The topological polar surface area (TPSA) is 51.6 Å². The van der Waals surface area contributed by atoms with Gasteiger partial charge in [-0.1, -0.05) is 164 Å². The molecule has 0 aliphatic rings. The zero-order valence-electron chi connectivity index (χ0n) is 29.1. The molecule has 0 radical (unpaired) electrons. The fourth-order valence-corrected chi connectivity index (χ4v) is 8.06. The van der Waals surface area contributed by atoms with E-state index in [0.29, 0.717) is 23.2 Å². The number of nitrogens with zero attached hydrogens (tertiary/aromatic N) is 4. The molecular weight excluding hydrogens is 657 g/mol. The van der Waals surface area contributed by atoms with Gasteiger partial charge in [-0.05, 0) is 77.8 Å². The van der Waals surface area contributed by atoms with E-state index in [1.165, 1.54) is 48.8 Å². The molecule has 250 valence electrons. The molecule has 0 aliphatic carbocycles. The van der Waals surface area contributed by atoms with Gasteiger partial charge in [0.1, 0.15) is 5.69 Å². The second-order valence-corrected chi connectivity index (χ2v) is 13.8. The standard InChI is InChI=1S/C50H30N4/c1-2-13-34(14-3-1)48-52-49(54-50(53-48)46-28-25-33-22-21-32-12-5-7-17-39(32)47(33)51-46)36-24-27-43-42-26-23-35(38-20-10-15-31-11-4-6-16-37(31)38)29-44(42)40-18-8-9-19-41(40)45(43)30-36/h1-30H. The molecule has 0 N–H and O–H groups in total. The van der Waals surface area contributed by atoms with Crippen molar-refractivity contribution in [2.24, 2.45) is 0 Å². The maximum atomic E-state index is 5.16. The van der Waals surface area contributed by atoms with Crippen LogP contribution in [-0.2, 0) is 0 Å². The summed E-state index contributed by atoms with van der Waals surface area (Å²) in [5.74, 6) is 1.76. The van der Waals surface area contributed by atoms with Crippen LogP contribution in [0.2, 0.25) is 0 Å². The van der Waals surface area contributed by atoms with E-state index in [0.717, 1.165) is 38.2 Å². The molecule has 2 aromatic heterocycles. The van der Waals surface area contributed by atoms with Crippen molar-refractivity contribution in [3.8, 4) is 45.4 Å². The lowest BCUT2D eigenvalue weighted by atomic mass is 9.90. The normalized spacial score (nSPS) is 11.7. The van der Waals surface area contributed by atoms with E-state index in [1.807, 2.05) is 36.4 Å². The molecule has 4 heteroatoms. The van der Waals surface area contributed by atoms with Crippen molar-refractivity contribution in [1.82, 2.24) is 19.9 Å². The fraction of sp³-hybridized carbons (Fsp3) is 0. The molecule has 0 fully saturated rings. The van der Waals surface area contributed by atoms with E-state index >= 15 is 0 Å². The zero-order chi connectivity index (χ0) is 35.6. The SMILES string of the molecule is c1ccc(-c2nc(-c3ccc4c5ccc(-c6cccc7ccccc67)cc5c5ccccc5c4c3)nc(-c3ccc4ccc5ccccc5c4n3)n2)cc1. The van der Waals surface area contributed by atoms with Crippen molar-refractivity contribution in [2.45, 2.75) is 0 Å². The van der Waals surface area contributed by atoms with E-state index in [2.05, 4.69) is 146 Å². The number of aromatic nitrogens is 4. The fourth-order valence-electron chi connectivity index (χ4n) is 8.06. The van der Waals surface area contributed by atoms with Crippen molar-refractivity contribution in [2.75, 3.05) is 0 Å². The van der Waals surface area contributed by atoms with Crippen LogP contribution in [0.25, 0.3) is 110 Å². The highest BCUT2D eigenvalue weighted by Gasteiger charge is 2.17. The van der Waals surface area contributed by atoms with Crippen LogP contribution >= 0.6 is 0 Å². The van der Waals surface area contributed by atoms with E-state index in [9.17, 15) is 0 Å². The van der Waals surface area contributed by atoms with Crippen LogP contribution in [-0.4, -0.2) is 19.9 Å². The van der Waals surface area contributed by atoms with Crippen molar-refractivity contribution < 1.29 is 0 Å². The zero-order valence-corrected chi connectivity index (χ0v) is 29.1. The first-order valence-corrected chi connectivity index (χ1v) is 18.2. The van der Waals surface area contributed by atoms with Crippen LogP contribution in [0.4, 0.5) is 0 Å². The molecule has 0 amide bonds. The van der Waals surface area contributed by atoms with Gasteiger partial charge in [0, 0.05) is 21.9 Å². The first-order valence-electron chi connectivity index (χ1n) is 18.2. The molecule has 0 atom stereocenters. The number of fused-ring (bicyclic) bond motifs is 10. The van der Waals surface area contributed by atoms with Crippen LogP contribution in [0.3, 0.4) is 0 Å². The smallest absolute Gasteiger partial charge is 0.182 e. The van der Waals surface area contributed by atoms with Crippen LogP contribution in [0.1, 0.15) is 0 Å². The second-order valence-electron chi connectivity index (χ2n) is 13.8. The highest BCUT2D eigenvalue weighted by molar-refractivity contribution is 6.26. The minimum atomic E-state index is 0.540. The Morgan fingerprint density at radius 1 is 0.259 bits per heavy atom. The molecule has 0 saturated carbocycles. The predicted octanol–water partition coefficient (Wildman–Crippen LogP) is 12.9. The lowest BCUT2D eigenvalue weighted by Gasteiger charge is -2.14. The largest absolute Gasteiger partial charge is 0.244 e. The third-order valence-corrected chi connectivity index (χ3v) is 10.7. The van der Waals surface area contributed by atoms with Gasteiger partial charge in [-0.15, -0.1) is 0 Å². The van der Waals surface area contributed by atoms with Gasteiger partial charge in [-0.3, -0.25) is 0 Å². The van der Waals surface area contributed by atoms with E-state index in [4.69, 9.17) is 19.9 Å². The number of pyridine rings is 1. The van der Waals surface area contributed by atoms with Crippen molar-refractivity contribution in [1.29, 1.82) is 0 Å². The third-order valence-electron chi connectivity index (χ3n) is 10.7. The van der Waals surface area contributed by atoms with Crippen molar-refractivity contribution in [3.63, 3.8) is 0 Å². The number of hydrogen-bond acceptors (Lipinski definition) is 4. The molecule has 9 aromatic carbocycles. The summed E-state index contributed by atoms with van der Waals surface area (Å²) < 4.78 is 0. The lowest BCUT2D eigenvalue weighted by molar-refractivity contribution is 1.06. The molecule has 0 aliphatic heterocycles. The molecule has 54 heavy (non-hydrogen) atoms. The quantitative estimate of drug-likeness (QED) is 0.173. The Balaban J connectivity index is 1.11. The molecular formula is C50H30N4. The highest BCUT2D eigenvalue weighted by atomic mass is 15.0. The summed E-state index contributed by atoms with van der Waals surface area (Å²) >= 11 is 0. The Kier molecular flexibility index (Phi) is 6.82. The van der Waals surface area contributed by atoms with Gasteiger partial charge < -0.3 is 0 Å². The summed E-state index contributed by atoms with van der Waals surface area (Å²) in [4.78, 5) is 20.4. The minimum Gasteiger partial charge on any atom is -0.244 e. The summed E-state index contributed by atoms with van der Waals surface area (Å²) in [7, 11) is 0. The monoisotopic (exact) mass is 686 g/mol. The lowest BCUT2D eigenvalue weighted by Crippen LogP contribution is -2.01. The van der Waals surface area contributed by atoms with Crippen LogP contribution in [0.5, 0.6) is 0 Å². The summed E-state index contributed by atoms with van der Waals surface area (Å²) in [6.45, 7) is 0. The van der Waals surface area contributed by atoms with Gasteiger partial charge in [0.05, 0.1) is 5.52 Å². The Morgan fingerprint density at radius 3 is 1.54 bits per heavy atom. The number of hydrogen-bond donors (Lipinski definition) is 0. The third kappa shape index (κ3) is 4.92.